The Labute approximate surface area is 124 Å². The molecule has 0 aliphatic carbocycles. The van der Waals surface area contributed by atoms with Gasteiger partial charge in [-0.2, -0.15) is 5.26 Å². The Kier molecular flexibility index (Phi) is 4.94. The van der Waals surface area contributed by atoms with E-state index in [0.717, 1.165) is 31.8 Å². The van der Waals surface area contributed by atoms with Gasteiger partial charge in [0, 0.05) is 37.8 Å². The molecule has 1 fully saturated rings. The number of rotatable bonds is 4. The molecule has 5 heteroatoms. The fraction of sp³-hybridized carbons (Fsp3) is 0.438. The highest BCUT2D eigenvalue weighted by molar-refractivity contribution is 5.50. The molecule has 1 aliphatic heterocycles. The van der Waals surface area contributed by atoms with Crippen LogP contribution in [0.1, 0.15) is 30.5 Å². The van der Waals surface area contributed by atoms with Gasteiger partial charge in [0.05, 0.1) is 0 Å². The highest BCUT2D eigenvalue weighted by Crippen LogP contribution is 2.36. The van der Waals surface area contributed by atoms with Gasteiger partial charge in [0.25, 0.3) is 0 Å². The Morgan fingerprint density at radius 2 is 2.19 bits per heavy atom. The van der Waals surface area contributed by atoms with Gasteiger partial charge < -0.3 is 10.4 Å². The van der Waals surface area contributed by atoms with Crippen LogP contribution in [-0.2, 0) is 0 Å². The van der Waals surface area contributed by atoms with Gasteiger partial charge in [-0.3, -0.25) is 4.90 Å². The van der Waals surface area contributed by atoms with Crippen molar-refractivity contribution >= 4 is 0 Å². The van der Waals surface area contributed by atoms with Crippen LogP contribution in [0.5, 0.6) is 5.75 Å². The molecule has 0 saturated carbocycles. The second-order valence-corrected chi connectivity index (χ2v) is 5.44. The molecule has 1 aromatic rings. The lowest BCUT2D eigenvalue weighted by atomic mass is 9.95. The number of phenols is 1. The molecule has 1 saturated heterocycles. The molecular weight excluding hydrogens is 269 g/mol. The minimum Gasteiger partial charge on any atom is -0.506 e. The van der Waals surface area contributed by atoms with E-state index in [1.807, 2.05) is 6.92 Å². The Hall–Kier alpha value is -1.90. The van der Waals surface area contributed by atoms with Crippen LogP contribution in [-0.4, -0.2) is 36.2 Å². The molecule has 1 aliphatic rings. The van der Waals surface area contributed by atoms with Crippen LogP contribution >= 0.6 is 0 Å². The number of piperazine rings is 1. The maximum absolute atomic E-state index is 13.6. The van der Waals surface area contributed by atoms with Crippen molar-refractivity contribution in [2.24, 2.45) is 0 Å². The van der Waals surface area contributed by atoms with Gasteiger partial charge in [-0.15, -0.1) is 6.58 Å². The van der Waals surface area contributed by atoms with Crippen LogP contribution in [0, 0.1) is 17.1 Å². The van der Waals surface area contributed by atoms with E-state index in [1.165, 1.54) is 6.07 Å². The lowest BCUT2D eigenvalue weighted by Gasteiger charge is -2.35. The molecule has 2 N–H and O–H groups in total. The normalized spacial score (nSPS) is 17.2. The van der Waals surface area contributed by atoms with Crippen LogP contribution < -0.4 is 5.32 Å². The number of nitrogens with one attached hydrogen (secondary N) is 1. The zero-order valence-electron chi connectivity index (χ0n) is 12.2. The van der Waals surface area contributed by atoms with Crippen LogP contribution in [0.4, 0.5) is 4.39 Å². The van der Waals surface area contributed by atoms with Gasteiger partial charge >= 0.3 is 0 Å². The fourth-order valence-corrected chi connectivity index (χ4v) is 2.72. The molecular formula is C16H20FN3O. The summed E-state index contributed by atoms with van der Waals surface area (Å²) in [5, 5.41) is 22.5. The quantitative estimate of drug-likeness (QED) is 0.835. The molecule has 1 aromatic carbocycles. The van der Waals surface area contributed by atoms with Gasteiger partial charge in [-0.1, -0.05) is 11.6 Å². The molecule has 1 heterocycles. The highest BCUT2D eigenvalue weighted by atomic mass is 19.1. The number of nitrogens with zero attached hydrogens (tertiary/aromatic N) is 2. The Balaban J connectivity index is 2.41. The second kappa shape index (κ2) is 6.70. The first-order valence-corrected chi connectivity index (χ1v) is 7.05. The third-order valence-corrected chi connectivity index (χ3v) is 3.76. The fourth-order valence-electron chi connectivity index (χ4n) is 2.72. The SMILES string of the molecule is C=C(C)C[C@@H](c1ccc(F)c(C#N)c1O)N1CCNCC1. The summed E-state index contributed by atoms with van der Waals surface area (Å²) in [7, 11) is 0. The van der Waals surface area contributed by atoms with Crippen molar-refractivity contribution in [3.05, 3.63) is 41.2 Å². The standard InChI is InChI=1S/C16H20FN3O/c1-11(2)9-15(20-7-5-19-6-8-20)12-3-4-14(17)13(10-18)16(12)21/h3-4,15,19,21H,1,5-9H2,2H3/t15-/m0/s1. The number of halogens is 1. The van der Waals surface area contributed by atoms with E-state index >= 15 is 0 Å². The van der Waals surface area contributed by atoms with Gasteiger partial charge in [-0.05, 0) is 19.4 Å². The van der Waals surface area contributed by atoms with E-state index in [2.05, 4.69) is 16.8 Å². The molecule has 21 heavy (non-hydrogen) atoms. The number of hydrogen-bond acceptors (Lipinski definition) is 4. The first-order valence-electron chi connectivity index (χ1n) is 7.05. The molecule has 0 spiro atoms. The summed E-state index contributed by atoms with van der Waals surface area (Å²) in [4.78, 5) is 2.24. The van der Waals surface area contributed by atoms with Crippen molar-refractivity contribution in [3.8, 4) is 11.8 Å². The summed E-state index contributed by atoms with van der Waals surface area (Å²) >= 11 is 0. The summed E-state index contributed by atoms with van der Waals surface area (Å²) in [5.74, 6) is -0.935. The minimum absolute atomic E-state index is 0.0858. The highest BCUT2D eigenvalue weighted by Gasteiger charge is 2.26. The van der Waals surface area contributed by atoms with E-state index in [-0.39, 0.29) is 17.4 Å². The average Bonchev–Trinajstić information content (AvgIpc) is 2.47. The topological polar surface area (TPSA) is 59.3 Å². The van der Waals surface area contributed by atoms with E-state index in [1.54, 1.807) is 12.1 Å². The number of phenolic OH excluding ortho intramolecular Hbond substituents is 1. The Morgan fingerprint density at radius 1 is 1.52 bits per heavy atom. The molecule has 0 bridgehead atoms. The Bertz CT molecular complexity index is 574. The molecule has 0 radical (unpaired) electrons. The lowest BCUT2D eigenvalue weighted by molar-refractivity contribution is 0.169. The number of nitriles is 1. The maximum atomic E-state index is 13.6. The molecule has 0 unspecified atom stereocenters. The zero-order chi connectivity index (χ0) is 15.4. The second-order valence-electron chi connectivity index (χ2n) is 5.44. The Morgan fingerprint density at radius 3 is 2.76 bits per heavy atom. The monoisotopic (exact) mass is 289 g/mol. The number of benzene rings is 1. The van der Waals surface area contributed by atoms with E-state index in [9.17, 15) is 9.50 Å². The zero-order valence-corrected chi connectivity index (χ0v) is 12.2. The van der Waals surface area contributed by atoms with E-state index in [4.69, 9.17) is 5.26 Å². The van der Waals surface area contributed by atoms with Crippen molar-refractivity contribution < 1.29 is 9.50 Å². The third kappa shape index (κ3) is 3.41. The molecule has 0 amide bonds. The smallest absolute Gasteiger partial charge is 0.144 e. The predicted molar refractivity (Wildman–Crippen MR) is 79.4 cm³/mol. The van der Waals surface area contributed by atoms with Crippen molar-refractivity contribution in [1.82, 2.24) is 10.2 Å². The van der Waals surface area contributed by atoms with E-state index < -0.39 is 5.82 Å². The minimum atomic E-state index is -0.687. The average molecular weight is 289 g/mol. The predicted octanol–water partition coefficient (Wildman–Crippen LogP) is 2.32. The summed E-state index contributed by atoms with van der Waals surface area (Å²) in [6, 6.07) is 4.47. The number of aromatic hydroxyl groups is 1. The maximum Gasteiger partial charge on any atom is 0.144 e. The van der Waals surface area contributed by atoms with Crippen molar-refractivity contribution in [3.63, 3.8) is 0 Å². The summed E-state index contributed by atoms with van der Waals surface area (Å²) in [6.45, 7) is 9.31. The largest absolute Gasteiger partial charge is 0.506 e. The van der Waals surface area contributed by atoms with Crippen molar-refractivity contribution in [2.75, 3.05) is 26.2 Å². The van der Waals surface area contributed by atoms with Gasteiger partial charge in [-0.25, -0.2) is 4.39 Å². The van der Waals surface area contributed by atoms with Crippen LogP contribution in [0.2, 0.25) is 0 Å². The van der Waals surface area contributed by atoms with E-state index in [0.29, 0.717) is 12.0 Å². The number of hydrogen-bond donors (Lipinski definition) is 2. The van der Waals surface area contributed by atoms with Crippen molar-refractivity contribution in [2.45, 2.75) is 19.4 Å². The van der Waals surface area contributed by atoms with Gasteiger partial charge in [0.1, 0.15) is 23.2 Å². The summed E-state index contributed by atoms with van der Waals surface area (Å²) in [6.07, 6.45) is 0.671. The molecule has 0 aromatic heterocycles. The third-order valence-electron chi connectivity index (χ3n) is 3.76. The first-order chi connectivity index (χ1) is 10.0. The summed E-state index contributed by atoms with van der Waals surface area (Å²) in [5.41, 5.74) is 1.30. The molecule has 4 nitrogen and oxygen atoms in total. The van der Waals surface area contributed by atoms with Gasteiger partial charge in [0.15, 0.2) is 0 Å². The van der Waals surface area contributed by atoms with Crippen molar-refractivity contribution in [1.29, 1.82) is 5.26 Å². The van der Waals surface area contributed by atoms with Crippen LogP contribution in [0.3, 0.4) is 0 Å². The molecule has 1 atom stereocenters. The first kappa shape index (κ1) is 15.5. The molecule has 112 valence electrons. The molecule has 2 rings (SSSR count). The van der Waals surface area contributed by atoms with Crippen LogP contribution in [0.25, 0.3) is 0 Å². The van der Waals surface area contributed by atoms with Gasteiger partial charge in [0.2, 0.25) is 0 Å². The van der Waals surface area contributed by atoms with Crippen LogP contribution in [0.15, 0.2) is 24.3 Å². The lowest BCUT2D eigenvalue weighted by Crippen LogP contribution is -2.45. The summed E-state index contributed by atoms with van der Waals surface area (Å²) < 4.78 is 13.6.